The van der Waals surface area contributed by atoms with Crippen molar-refractivity contribution in [3.63, 3.8) is 0 Å². The van der Waals surface area contributed by atoms with Crippen molar-refractivity contribution in [1.29, 1.82) is 0 Å². The van der Waals surface area contributed by atoms with E-state index in [-0.39, 0.29) is 24.0 Å². The van der Waals surface area contributed by atoms with Gasteiger partial charge in [0, 0.05) is 11.4 Å². The standard InChI is InChI=1S/C24H30N4OS.HI/c1-4-25-24(27-15-23-28-18(2)19(3)30-23)26-14-21-11-8-12-22(13-21)17-29-16-20-9-6-5-7-10-20;/h5-13H,4,14-17H2,1-3H3,(H2,25,26,27);1H. The first-order valence-corrected chi connectivity index (χ1v) is 11.1. The summed E-state index contributed by atoms with van der Waals surface area (Å²) in [6.07, 6.45) is 0. The smallest absolute Gasteiger partial charge is 0.191 e. The van der Waals surface area contributed by atoms with Crippen LogP contribution in [0.15, 0.2) is 59.6 Å². The number of aryl methyl sites for hydroxylation is 2. The number of aliphatic imine (C=N–C) groups is 1. The summed E-state index contributed by atoms with van der Waals surface area (Å²) in [4.78, 5) is 10.6. The summed E-state index contributed by atoms with van der Waals surface area (Å²) in [5.74, 6) is 0.800. The first kappa shape index (κ1) is 25.3. The SMILES string of the molecule is CCNC(=NCc1cccc(COCc2ccccc2)c1)NCc1nc(C)c(C)s1.I. The number of thiazole rings is 1. The first-order valence-electron chi connectivity index (χ1n) is 10.3. The van der Waals surface area contributed by atoms with Gasteiger partial charge in [-0.05, 0) is 37.5 Å². The molecule has 5 nitrogen and oxygen atoms in total. The van der Waals surface area contributed by atoms with E-state index in [4.69, 9.17) is 9.73 Å². The van der Waals surface area contributed by atoms with Crippen LogP contribution >= 0.6 is 35.3 Å². The van der Waals surface area contributed by atoms with Crippen LogP contribution in [0.1, 0.15) is 39.2 Å². The van der Waals surface area contributed by atoms with Gasteiger partial charge in [-0.15, -0.1) is 35.3 Å². The van der Waals surface area contributed by atoms with Crippen molar-refractivity contribution in [3.8, 4) is 0 Å². The molecule has 0 unspecified atom stereocenters. The van der Waals surface area contributed by atoms with Crippen molar-refractivity contribution >= 4 is 41.3 Å². The Morgan fingerprint density at radius 2 is 1.68 bits per heavy atom. The normalized spacial score (nSPS) is 11.1. The Hall–Kier alpha value is -1.97. The monoisotopic (exact) mass is 550 g/mol. The van der Waals surface area contributed by atoms with Gasteiger partial charge in [0.15, 0.2) is 5.96 Å². The number of ether oxygens (including phenoxy) is 1. The van der Waals surface area contributed by atoms with E-state index < -0.39 is 0 Å². The molecule has 0 bridgehead atoms. The summed E-state index contributed by atoms with van der Waals surface area (Å²) >= 11 is 1.73. The van der Waals surface area contributed by atoms with Crippen molar-refractivity contribution in [1.82, 2.24) is 15.6 Å². The van der Waals surface area contributed by atoms with Crippen LogP contribution in [0.4, 0.5) is 0 Å². The number of hydrogen-bond acceptors (Lipinski definition) is 4. The molecule has 0 fully saturated rings. The quantitative estimate of drug-likeness (QED) is 0.214. The zero-order valence-electron chi connectivity index (χ0n) is 18.4. The van der Waals surface area contributed by atoms with E-state index >= 15 is 0 Å². The molecule has 31 heavy (non-hydrogen) atoms. The van der Waals surface area contributed by atoms with Crippen LogP contribution in [-0.4, -0.2) is 17.5 Å². The molecule has 0 aliphatic rings. The molecule has 3 aromatic rings. The van der Waals surface area contributed by atoms with Gasteiger partial charge >= 0.3 is 0 Å². The fraction of sp³-hybridized carbons (Fsp3) is 0.333. The molecule has 0 amide bonds. The molecule has 3 rings (SSSR count). The second-order valence-electron chi connectivity index (χ2n) is 7.10. The molecule has 0 radical (unpaired) electrons. The van der Waals surface area contributed by atoms with Crippen LogP contribution in [-0.2, 0) is 31.0 Å². The third kappa shape index (κ3) is 8.59. The van der Waals surface area contributed by atoms with Crippen LogP contribution in [0.3, 0.4) is 0 Å². The van der Waals surface area contributed by atoms with Gasteiger partial charge in [-0.2, -0.15) is 0 Å². The van der Waals surface area contributed by atoms with Gasteiger partial charge in [-0.3, -0.25) is 0 Å². The molecule has 1 heterocycles. The summed E-state index contributed by atoms with van der Waals surface area (Å²) < 4.78 is 5.86. The van der Waals surface area contributed by atoms with Crippen molar-refractivity contribution in [2.45, 2.75) is 47.1 Å². The Kier molecular flexibility index (Phi) is 11.0. The highest BCUT2D eigenvalue weighted by Crippen LogP contribution is 2.16. The lowest BCUT2D eigenvalue weighted by molar-refractivity contribution is 0.107. The summed E-state index contributed by atoms with van der Waals surface area (Å²) in [5.41, 5.74) is 4.61. The zero-order valence-corrected chi connectivity index (χ0v) is 21.5. The van der Waals surface area contributed by atoms with E-state index in [0.29, 0.717) is 26.3 Å². The van der Waals surface area contributed by atoms with Crippen LogP contribution in [0.2, 0.25) is 0 Å². The van der Waals surface area contributed by atoms with E-state index in [9.17, 15) is 0 Å². The topological polar surface area (TPSA) is 58.5 Å². The highest BCUT2D eigenvalue weighted by molar-refractivity contribution is 14.0. The Morgan fingerprint density at radius 1 is 0.968 bits per heavy atom. The van der Waals surface area contributed by atoms with Gasteiger partial charge < -0.3 is 15.4 Å². The van der Waals surface area contributed by atoms with E-state index in [1.807, 2.05) is 25.1 Å². The van der Waals surface area contributed by atoms with Crippen LogP contribution in [0.5, 0.6) is 0 Å². The molecule has 0 spiro atoms. The van der Waals surface area contributed by atoms with Crippen molar-refractivity contribution in [3.05, 3.63) is 86.9 Å². The number of guanidine groups is 1. The highest BCUT2D eigenvalue weighted by atomic mass is 127. The lowest BCUT2D eigenvalue weighted by Gasteiger charge is -2.10. The number of benzene rings is 2. The fourth-order valence-corrected chi connectivity index (χ4v) is 3.84. The fourth-order valence-electron chi connectivity index (χ4n) is 2.96. The maximum Gasteiger partial charge on any atom is 0.191 e. The second-order valence-corrected chi connectivity index (χ2v) is 8.38. The van der Waals surface area contributed by atoms with Crippen molar-refractivity contribution in [2.24, 2.45) is 4.99 Å². The summed E-state index contributed by atoms with van der Waals surface area (Å²) in [7, 11) is 0. The molecule has 0 saturated carbocycles. The lowest BCUT2D eigenvalue weighted by Crippen LogP contribution is -2.36. The molecule has 0 aliphatic heterocycles. The molecule has 7 heteroatoms. The van der Waals surface area contributed by atoms with E-state index in [1.54, 1.807) is 11.3 Å². The first-order chi connectivity index (χ1) is 14.6. The maximum atomic E-state index is 5.86. The lowest BCUT2D eigenvalue weighted by atomic mass is 10.1. The summed E-state index contributed by atoms with van der Waals surface area (Å²) in [6, 6.07) is 18.6. The average Bonchev–Trinajstić information content (AvgIpc) is 3.08. The molecule has 1 aromatic heterocycles. The van der Waals surface area contributed by atoms with Crippen LogP contribution in [0, 0.1) is 13.8 Å². The van der Waals surface area contributed by atoms with Crippen molar-refractivity contribution in [2.75, 3.05) is 6.54 Å². The van der Waals surface area contributed by atoms with E-state index in [1.165, 1.54) is 10.4 Å². The minimum absolute atomic E-state index is 0. The predicted octanol–water partition coefficient (Wildman–Crippen LogP) is 5.35. The van der Waals surface area contributed by atoms with Gasteiger partial charge in [-0.25, -0.2) is 9.98 Å². The maximum absolute atomic E-state index is 5.86. The van der Waals surface area contributed by atoms with E-state index in [0.717, 1.165) is 34.3 Å². The Balaban J connectivity index is 0.00000341. The number of rotatable bonds is 9. The number of hydrogen-bond donors (Lipinski definition) is 2. The second kappa shape index (κ2) is 13.4. The molecule has 166 valence electrons. The Morgan fingerprint density at radius 3 is 2.39 bits per heavy atom. The highest BCUT2D eigenvalue weighted by Gasteiger charge is 2.05. The number of nitrogens with one attached hydrogen (secondary N) is 2. The molecule has 0 saturated heterocycles. The molecule has 2 aromatic carbocycles. The third-order valence-electron chi connectivity index (χ3n) is 4.62. The van der Waals surface area contributed by atoms with Gasteiger partial charge in [0.2, 0.25) is 0 Å². The van der Waals surface area contributed by atoms with Gasteiger partial charge in [0.1, 0.15) is 5.01 Å². The Labute approximate surface area is 206 Å². The van der Waals surface area contributed by atoms with Gasteiger partial charge in [0.25, 0.3) is 0 Å². The molecule has 2 N–H and O–H groups in total. The minimum Gasteiger partial charge on any atom is -0.372 e. The molecule has 0 atom stereocenters. The third-order valence-corrected chi connectivity index (χ3v) is 5.69. The number of nitrogens with zero attached hydrogens (tertiary/aromatic N) is 2. The van der Waals surface area contributed by atoms with Crippen molar-refractivity contribution < 1.29 is 4.74 Å². The summed E-state index contributed by atoms with van der Waals surface area (Å²) in [6.45, 7) is 9.53. The number of halogens is 1. The minimum atomic E-state index is 0. The molecular weight excluding hydrogens is 519 g/mol. The average molecular weight is 551 g/mol. The van der Waals surface area contributed by atoms with E-state index in [2.05, 4.69) is 65.9 Å². The van der Waals surface area contributed by atoms with Crippen LogP contribution in [0.25, 0.3) is 0 Å². The molecular formula is C24H31IN4OS. The summed E-state index contributed by atoms with van der Waals surface area (Å²) in [5, 5.41) is 7.76. The van der Waals surface area contributed by atoms with Gasteiger partial charge in [-0.1, -0.05) is 54.6 Å². The molecule has 0 aliphatic carbocycles. The number of aromatic nitrogens is 1. The Bertz CT molecular complexity index is 940. The van der Waals surface area contributed by atoms with Crippen LogP contribution < -0.4 is 10.6 Å². The predicted molar refractivity (Wildman–Crippen MR) is 140 cm³/mol. The largest absolute Gasteiger partial charge is 0.372 e. The van der Waals surface area contributed by atoms with Gasteiger partial charge in [0.05, 0.1) is 32.0 Å². The zero-order chi connectivity index (χ0) is 21.2.